The number of aryl methyl sites for hydroxylation is 1. The maximum atomic E-state index is 11.0. The number of nitrogens with zero attached hydrogens (tertiary/aromatic N) is 1. The number of unbranched alkanes of at least 4 members (excludes halogenated alkanes) is 1. The minimum absolute atomic E-state index is 0.159. The zero-order valence-corrected chi connectivity index (χ0v) is 13.0. The molecule has 4 heteroatoms. The Hall–Kier alpha value is -1.16. The summed E-state index contributed by atoms with van der Waals surface area (Å²) in [5.74, 6) is 0.444. The fourth-order valence-electron chi connectivity index (χ4n) is 1.30. The number of aromatic amines is 1. The van der Waals surface area contributed by atoms with Gasteiger partial charge in [-0.2, -0.15) is 0 Å². The van der Waals surface area contributed by atoms with Crippen molar-refractivity contribution in [1.82, 2.24) is 15.3 Å². The zero-order chi connectivity index (χ0) is 14.7. The molecule has 0 saturated heterocycles. The molecule has 19 heavy (non-hydrogen) atoms. The molecule has 0 amide bonds. The summed E-state index contributed by atoms with van der Waals surface area (Å²) in [6.07, 6.45) is 7.25. The van der Waals surface area contributed by atoms with E-state index < -0.39 is 0 Å². The molecule has 1 aromatic rings. The molecular weight excluding hydrogens is 238 g/mol. The number of carbonyl (C=O) groups is 1. The Morgan fingerprint density at radius 2 is 2.05 bits per heavy atom. The van der Waals surface area contributed by atoms with Gasteiger partial charge in [-0.15, -0.1) is 0 Å². The summed E-state index contributed by atoms with van der Waals surface area (Å²) in [5.41, 5.74) is 1.25. The molecule has 0 atom stereocenters. The Bertz CT molecular complexity index is 318. The van der Waals surface area contributed by atoms with Crippen LogP contribution in [0.15, 0.2) is 12.5 Å². The number of rotatable bonds is 7. The molecule has 0 bridgehead atoms. The lowest BCUT2D eigenvalue weighted by Crippen LogP contribution is -2.31. The van der Waals surface area contributed by atoms with Crippen LogP contribution in [0.2, 0.25) is 0 Å². The highest BCUT2D eigenvalue weighted by molar-refractivity contribution is 5.82. The van der Waals surface area contributed by atoms with Crippen LogP contribution in [0.3, 0.4) is 0 Å². The third-order valence-corrected chi connectivity index (χ3v) is 2.68. The molecule has 0 radical (unpaired) electrons. The first-order chi connectivity index (χ1) is 8.97. The first-order valence-electron chi connectivity index (χ1n) is 7.20. The smallest absolute Gasteiger partial charge is 0.149 e. The van der Waals surface area contributed by atoms with Gasteiger partial charge in [0, 0.05) is 23.9 Å². The first kappa shape index (κ1) is 17.8. The number of carbonyl (C=O) groups excluding carboxylic acids is 1. The third-order valence-electron chi connectivity index (χ3n) is 2.68. The fourth-order valence-corrected chi connectivity index (χ4v) is 1.30. The molecule has 4 nitrogen and oxygen atoms in total. The molecule has 2 N–H and O–H groups in total. The van der Waals surface area contributed by atoms with Crippen LogP contribution in [0.5, 0.6) is 0 Å². The number of H-pyrrole nitrogens is 1. The van der Waals surface area contributed by atoms with Crippen LogP contribution in [0, 0.1) is 5.92 Å². The second-order valence-electron chi connectivity index (χ2n) is 5.34. The van der Waals surface area contributed by atoms with Gasteiger partial charge in [0.15, 0.2) is 0 Å². The topological polar surface area (TPSA) is 57.8 Å². The van der Waals surface area contributed by atoms with Crippen LogP contribution < -0.4 is 5.32 Å². The van der Waals surface area contributed by atoms with Crippen molar-refractivity contribution in [3.8, 4) is 0 Å². The van der Waals surface area contributed by atoms with Crippen LogP contribution in [0.1, 0.15) is 53.2 Å². The van der Waals surface area contributed by atoms with Crippen molar-refractivity contribution < 1.29 is 4.79 Å². The predicted octanol–water partition coefficient (Wildman–Crippen LogP) is 2.96. The Morgan fingerprint density at radius 1 is 1.37 bits per heavy atom. The molecule has 110 valence electrons. The molecule has 0 unspecified atom stereocenters. The quantitative estimate of drug-likeness (QED) is 0.798. The van der Waals surface area contributed by atoms with Crippen molar-refractivity contribution in [1.29, 1.82) is 0 Å². The standard InChI is InChI=1S/C8H17NO.C7H12N2/c1-6(2)8(10)5-9-7(3)4;1-2-3-4-7-5-8-6-9-7/h6-7,9H,5H2,1-4H3;5-6H,2-4H2,1H3,(H,8,9). The number of hydrogen-bond donors (Lipinski definition) is 2. The van der Waals surface area contributed by atoms with E-state index in [2.05, 4.69) is 22.2 Å². The second kappa shape index (κ2) is 10.7. The van der Waals surface area contributed by atoms with Gasteiger partial charge in [-0.05, 0) is 12.8 Å². The summed E-state index contributed by atoms with van der Waals surface area (Å²) < 4.78 is 0. The maximum Gasteiger partial charge on any atom is 0.149 e. The summed E-state index contributed by atoms with van der Waals surface area (Å²) in [7, 11) is 0. The number of nitrogens with one attached hydrogen (secondary N) is 2. The van der Waals surface area contributed by atoms with E-state index in [1.165, 1.54) is 18.5 Å². The van der Waals surface area contributed by atoms with Gasteiger partial charge in [0.05, 0.1) is 12.9 Å². The summed E-state index contributed by atoms with van der Waals surface area (Å²) in [5, 5.41) is 3.08. The predicted molar refractivity (Wildman–Crippen MR) is 80.2 cm³/mol. The van der Waals surface area contributed by atoms with Crippen molar-refractivity contribution in [3.63, 3.8) is 0 Å². The fraction of sp³-hybridized carbons (Fsp3) is 0.733. The molecule has 0 aliphatic carbocycles. The Morgan fingerprint density at radius 3 is 2.47 bits per heavy atom. The highest BCUT2D eigenvalue weighted by Crippen LogP contribution is 1.98. The van der Waals surface area contributed by atoms with Crippen LogP contribution in [0.25, 0.3) is 0 Å². The van der Waals surface area contributed by atoms with Crippen LogP contribution >= 0.6 is 0 Å². The van der Waals surface area contributed by atoms with Gasteiger partial charge >= 0.3 is 0 Å². The van der Waals surface area contributed by atoms with E-state index in [0.29, 0.717) is 12.6 Å². The lowest BCUT2D eigenvalue weighted by Gasteiger charge is -2.08. The summed E-state index contributed by atoms with van der Waals surface area (Å²) in [6.45, 7) is 10.6. The SMILES string of the molecule is CC(C)NCC(=O)C(C)C.CCCCc1cnc[nH]1. The normalized spacial score (nSPS) is 10.5. The van der Waals surface area contributed by atoms with Crippen molar-refractivity contribution in [2.45, 2.75) is 59.9 Å². The summed E-state index contributed by atoms with van der Waals surface area (Å²) in [6, 6.07) is 0.405. The molecule has 0 spiro atoms. The third kappa shape index (κ3) is 10.4. The van der Waals surface area contributed by atoms with Crippen molar-refractivity contribution in [2.75, 3.05) is 6.54 Å². The molecular formula is C15H29N3O. The van der Waals surface area contributed by atoms with E-state index >= 15 is 0 Å². The van der Waals surface area contributed by atoms with Gasteiger partial charge in [-0.3, -0.25) is 4.79 Å². The minimum atomic E-state index is 0.159. The zero-order valence-electron chi connectivity index (χ0n) is 13.0. The number of aromatic nitrogens is 2. The van der Waals surface area contributed by atoms with E-state index in [1.54, 1.807) is 6.33 Å². The van der Waals surface area contributed by atoms with Gasteiger partial charge in [0.2, 0.25) is 0 Å². The van der Waals surface area contributed by atoms with Crippen molar-refractivity contribution >= 4 is 5.78 Å². The molecule has 0 aliphatic heterocycles. The van der Waals surface area contributed by atoms with Crippen LogP contribution in [0.4, 0.5) is 0 Å². The maximum absolute atomic E-state index is 11.0. The second-order valence-corrected chi connectivity index (χ2v) is 5.34. The highest BCUT2D eigenvalue weighted by atomic mass is 16.1. The van der Waals surface area contributed by atoms with Crippen molar-refractivity contribution in [3.05, 3.63) is 18.2 Å². The van der Waals surface area contributed by atoms with Gasteiger partial charge in [0.1, 0.15) is 5.78 Å². The summed E-state index contributed by atoms with van der Waals surface area (Å²) >= 11 is 0. The van der Waals surface area contributed by atoms with E-state index in [1.807, 2.05) is 33.9 Å². The number of hydrogen-bond acceptors (Lipinski definition) is 3. The van der Waals surface area contributed by atoms with Gasteiger partial charge < -0.3 is 10.3 Å². The molecule has 1 rings (SSSR count). The van der Waals surface area contributed by atoms with Gasteiger partial charge in [0.25, 0.3) is 0 Å². The number of imidazole rings is 1. The average molecular weight is 267 g/mol. The lowest BCUT2D eigenvalue weighted by molar-refractivity contribution is -0.121. The average Bonchev–Trinajstić information content (AvgIpc) is 2.87. The van der Waals surface area contributed by atoms with E-state index in [4.69, 9.17) is 0 Å². The van der Waals surface area contributed by atoms with Crippen LogP contribution in [-0.2, 0) is 11.2 Å². The Kier molecular flexibility index (Phi) is 10.1. The van der Waals surface area contributed by atoms with E-state index in [-0.39, 0.29) is 11.7 Å². The van der Waals surface area contributed by atoms with Gasteiger partial charge in [-0.1, -0.05) is 41.0 Å². The Labute approximate surface area is 117 Å². The summed E-state index contributed by atoms with van der Waals surface area (Å²) in [4.78, 5) is 18.0. The lowest BCUT2D eigenvalue weighted by atomic mass is 10.1. The van der Waals surface area contributed by atoms with E-state index in [0.717, 1.165) is 6.42 Å². The van der Waals surface area contributed by atoms with Crippen molar-refractivity contribution in [2.24, 2.45) is 5.92 Å². The van der Waals surface area contributed by atoms with Crippen LogP contribution in [-0.4, -0.2) is 28.3 Å². The first-order valence-corrected chi connectivity index (χ1v) is 7.20. The van der Waals surface area contributed by atoms with E-state index in [9.17, 15) is 4.79 Å². The molecule has 1 heterocycles. The molecule has 0 saturated carbocycles. The monoisotopic (exact) mass is 267 g/mol. The molecule has 1 aromatic heterocycles. The molecule has 0 aromatic carbocycles. The number of Topliss-reactive ketones (excluding diaryl/α,β-unsaturated/α-hetero) is 1. The van der Waals surface area contributed by atoms with Gasteiger partial charge in [-0.25, -0.2) is 4.98 Å². The molecule has 0 fully saturated rings. The number of ketones is 1. The minimum Gasteiger partial charge on any atom is -0.348 e. The Balaban J connectivity index is 0.000000342. The highest BCUT2D eigenvalue weighted by Gasteiger charge is 2.06. The largest absolute Gasteiger partial charge is 0.348 e. The molecule has 0 aliphatic rings.